The Kier molecular flexibility index (Phi) is 5.48. The van der Waals surface area contributed by atoms with Gasteiger partial charge in [-0.3, -0.25) is 4.79 Å². The van der Waals surface area contributed by atoms with E-state index in [0.717, 1.165) is 22.7 Å². The van der Waals surface area contributed by atoms with E-state index in [1.807, 2.05) is 51.1 Å². The van der Waals surface area contributed by atoms with Crippen molar-refractivity contribution in [1.82, 2.24) is 4.57 Å². The number of ether oxygens (including phenoxy) is 2. The van der Waals surface area contributed by atoms with E-state index in [-0.39, 0.29) is 12.4 Å². The first-order valence-corrected chi connectivity index (χ1v) is 8.01. The number of nitrogens with zero attached hydrogens (tertiary/aromatic N) is 1. The van der Waals surface area contributed by atoms with Gasteiger partial charge in [0.2, 0.25) is 5.78 Å². The number of Topliss-reactive ketones (excluding diaryl/α,β-unsaturated/α-hetero) is 1. The number of benzene rings is 1. The van der Waals surface area contributed by atoms with Gasteiger partial charge in [-0.15, -0.1) is 0 Å². The molecule has 0 unspecified atom stereocenters. The molecule has 1 aromatic carbocycles. The van der Waals surface area contributed by atoms with Gasteiger partial charge in [0.1, 0.15) is 11.5 Å². The lowest BCUT2D eigenvalue weighted by atomic mass is 10.1. The fourth-order valence-corrected chi connectivity index (χ4v) is 2.88. The molecule has 0 spiro atoms. The molecule has 1 heterocycles. The molecular formula is C19H25NO3. The van der Waals surface area contributed by atoms with E-state index in [0.29, 0.717) is 18.4 Å². The van der Waals surface area contributed by atoms with Crippen LogP contribution in [-0.4, -0.2) is 23.6 Å². The Hall–Kier alpha value is -2.23. The van der Waals surface area contributed by atoms with Crippen LogP contribution in [0.5, 0.6) is 11.5 Å². The molecule has 2 aromatic rings. The number of carbonyl (C=O) groups excluding carboxylic acids is 1. The van der Waals surface area contributed by atoms with Gasteiger partial charge in [0.15, 0.2) is 6.61 Å². The van der Waals surface area contributed by atoms with Crippen molar-refractivity contribution in [2.75, 3.05) is 13.2 Å². The van der Waals surface area contributed by atoms with E-state index in [2.05, 4.69) is 18.4 Å². The van der Waals surface area contributed by atoms with Gasteiger partial charge in [0.05, 0.1) is 6.61 Å². The zero-order valence-corrected chi connectivity index (χ0v) is 14.6. The van der Waals surface area contributed by atoms with Gasteiger partial charge in [0.25, 0.3) is 0 Å². The molecule has 0 aliphatic rings. The van der Waals surface area contributed by atoms with Crippen LogP contribution in [0.15, 0.2) is 30.3 Å². The number of hydrogen-bond acceptors (Lipinski definition) is 3. The lowest BCUT2D eigenvalue weighted by Gasteiger charge is -2.13. The molecule has 1 aromatic heterocycles. The van der Waals surface area contributed by atoms with Crippen LogP contribution >= 0.6 is 0 Å². The molecule has 0 bridgehead atoms. The molecule has 0 saturated carbocycles. The van der Waals surface area contributed by atoms with Crippen molar-refractivity contribution in [3.8, 4) is 11.5 Å². The zero-order chi connectivity index (χ0) is 17.0. The summed E-state index contributed by atoms with van der Waals surface area (Å²) >= 11 is 0. The van der Waals surface area contributed by atoms with Gasteiger partial charge in [-0.05, 0) is 65.0 Å². The van der Waals surface area contributed by atoms with E-state index in [1.54, 1.807) is 0 Å². The van der Waals surface area contributed by atoms with Crippen molar-refractivity contribution < 1.29 is 14.3 Å². The van der Waals surface area contributed by atoms with E-state index < -0.39 is 0 Å². The van der Waals surface area contributed by atoms with Crippen molar-refractivity contribution >= 4 is 5.78 Å². The predicted octanol–water partition coefficient (Wildman–Crippen LogP) is 4.35. The number of aromatic nitrogens is 1. The third kappa shape index (κ3) is 3.95. The van der Waals surface area contributed by atoms with Crippen LogP contribution < -0.4 is 9.47 Å². The first-order valence-electron chi connectivity index (χ1n) is 8.01. The Morgan fingerprint density at radius 3 is 2.13 bits per heavy atom. The maximum Gasteiger partial charge on any atom is 0.202 e. The van der Waals surface area contributed by atoms with Crippen molar-refractivity contribution in [3.05, 3.63) is 47.3 Å². The number of rotatable bonds is 7. The van der Waals surface area contributed by atoms with Gasteiger partial charge in [-0.2, -0.15) is 0 Å². The first-order chi connectivity index (χ1) is 10.9. The third-order valence-electron chi connectivity index (χ3n) is 3.81. The molecule has 0 saturated heterocycles. The van der Waals surface area contributed by atoms with Gasteiger partial charge in [0, 0.05) is 23.0 Å². The second-order valence-electron chi connectivity index (χ2n) is 5.86. The van der Waals surface area contributed by atoms with Crippen molar-refractivity contribution in [2.24, 2.45) is 0 Å². The molecule has 0 amide bonds. The lowest BCUT2D eigenvalue weighted by molar-refractivity contribution is 0.0920. The molecule has 0 aliphatic heterocycles. The first kappa shape index (κ1) is 17.1. The van der Waals surface area contributed by atoms with Crippen LogP contribution in [0.25, 0.3) is 0 Å². The molecule has 0 radical (unpaired) electrons. The normalized spacial score (nSPS) is 10.9. The summed E-state index contributed by atoms with van der Waals surface area (Å²) in [5.41, 5.74) is 2.84. The minimum absolute atomic E-state index is 0.00103. The molecule has 4 nitrogen and oxygen atoms in total. The second kappa shape index (κ2) is 7.36. The molecule has 4 heteroatoms. The molecule has 0 aliphatic carbocycles. The van der Waals surface area contributed by atoms with Crippen molar-refractivity contribution in [1.29, 1.82) is 0 Å². The number of aryl methyl sites for hydroxylation is 1. The average Bonchev–Trinajstić information content (AvgIpc) is 2.81. The van der Waals surface area contributed by atoms with Crippen LogP contribution in [0.4, 0.5) is 0 Å². The second-order valence-corrected chi connectivity index (χ2v) is 5.86. The summed E-state index contributed by atoms with van der Waals surface area (Å²) in [7, 11) is 0. The summed E-state index contributed by atoms with van der Waals surface area (Å²) in [6, 6.07) is 9.59. The maximum atomic E-state index is 12.4. The summed E-state index contributed by atoms with van der Waals surface area (Å²) in [5.74, 6) is 1.46. The molecule has 2 rings (SSSR count). The Labute approximate surface area is 138 Å². The molecule has 0 atom stereocenters. The van der Waals surface area contributed by atoms with Gasteiger partial charge < -0.3 is 14.0 Å². The average molecular weight is 315 g/mol. The number of hydrogen-bond donors (Lipinski definition) is 0. The Balaban J connectivity index is 2.04. The largest absolute Gasteiger partial charge is 0.494 e. The monoisotopic (exact) mass is 315 g/mol. The summed E-state index contributed by atoms with van der Waals surface area (Å²) in [4.78, 5) is 12.4. The highest BCUT2D eigenvalue weighted by molar-refractivity contribution is 5.98. The van der Waals surface area contributed by atoms with E-state index in [1.165, 1.54) is 0 Å². The van der Waals surface area contributed by atoms with Crippen LogP contribution in [0.1, 0.15) is 48.6 Å². The van der Waals surface area contributed by atoms with E-state index in [4.69, 9.17) is 9.47 Å². The quantitative estimate of drug-likeness (QED) is 0.713. The Bertz CT molecular complexity index is 669. The van der Waals surface area contributed by atoms with Crippen LogP contribution in [0.3, 0.4) is 0 Å². The lowest BCUT2D eigenvalue weighted by Crippen LogP contribution is -2.13. The topological polar surface area (TPSA) is 40.5 Å². The van der Waals surface area contributed by atoms with E-state index in [9.17, 15) is 4.79 Å². The van der Waals surface area contributed by atoms with Gasteiger partial charge >= 0.3 is 0 Å². The third-order valence-corrected chi connectivity index (χ3v) is 3.81. The summed E-state index contributed by atoms with van der Waals surface area (Å²) < 4.78 is 13.2. The van der Waals surface area contributed by atoms with Gasteiger partial charge in [-0.25, -0.2) is 0 Å². The van der Waals surface area contributed by atoms with Gasteiger partial charge in [-0.1, -0.05) is 0 Å². The minimum atomic E-state index is -0.00103. The molecule has 0 N–H and O–H groups in total. The smallest absolute Gasteiger partial charge is 0.202 e. The molecule has 0 fully saturated rings. The van der Waals surface area contributed by atoms with Crippen LogP contribution in [0, 0.1) is 13.8 Å². The fraction of sp³-hybridized carbons (Fsp3) is 0.421. The van der Waals surface area contributed by atoms with Crippen LogP contribution in [0.2, 0.25) is 0 Å². The summed E-state index contributed by atoms with van der Waals surface area (Å²) in [6.07, 6.45) is 0. The summed E-state index contributed by atoms with van der Waals surface area (Å²) in [6.45, 7) is 10.8. The Morgan fingerprint density at radius 1 is 1.09 bits per heavy atom. The maximum absolute atomic E-state index is 12.4. The fourth-order valence-electron chi connectivity index (χ4n) is 2.88. The van der Waals surface area contributed by atoms with E-state index >= 15 is 0 Å². The summed E-state index contributed by atoms with van der Waals surface area (Å²) in [5, 5.41) is 0. The number of carbonyl (C=O) groups is 1. The highest BCUT2D eigenvalue weighted by atomic mass is 16.5. The number of ketones is 1. The molecule has 23 heavy (non-hydrogen) atoms. The standard InChI is InChI=1S/C19H25NO3/c1-6-22-16-7-9-17(10-8-16)23-12-19(21)18-11-14(4)20(13(2)3)15(18)5/h7-11,13H,6,12H2,1-5H3. The minimum Gasteiger partial charge on any atom is -0.494 e. The zero-order valence-electron chi connectivity index (χ0n) is 14.6. The van der Waals surface area contributed by atoms with Crippen molar-refractivity contribution in [2.45, 2.75) is 40.7 Å². The highest BCUT2D eigenvalue weighted by Gasteiger charge is 2.17. The van der Waals surface area contributed by atoms with Crippen LogP contribution in [-0.2, 0) is 0 Å². The molecular weight excluding hydrogens is 290 g/mol. The predicted molar refractivity (Wildman–Crippen MR) is 91.7 cm³/mol. The Morgan fingerprint density at radius 2 is 1.65 bits per heavy atom. The van der Waals surface area contributed by atoms with Crippen molar-refractivity contribution in [3.63, 3.8) is 0 Å². The highest BCUT2D eigenvalue weighted by Crippen LogP contribution is 2.22. The molecule has 124 valence electrons. The SMILES string of the molecule is CCOc1ccc(OCC(=O)c2cc(C)n(C(C)C)c2C)cc1.